The maximum absolute atomic E-state index is 12.4. The summed E-state index contributed by atoms with van der Waals surface area (Å²) >= 11 is 0. The molecule has 1 atom stereocenters. The molecule has 7 heteroatoms. The smallest absolute Gasteiger partial charge is 0.243 e. The number of hydrogen-bond acceptors (Lipinski definition) is 4. The minimum absolute atomic E-state index is 0.396. The van der Waals surface area contributed by atoms with Gasteiger partial charge < -0.3 is 10.1 Å². The van der Waals surface area contributed by atoms with E-state index in [1.807, 2.05) is 6.07 Å². The second kappa shape index (κ2) is 7.21. The number of methoxy groups -OCH3 is 1. The second-order valence-corrected chi connectivity index (χ2v) is 8.09. The maximum Gasteiger partial charge on any atom is 0.243 e. The lowest BCUT2D eigenvalue weighted by atomic mass is 9.87. The van der Waals surface area contributed by atoms with Crippen molar-refractivity contribution in [3.63, 3.8) is 0 Å². The molecule has 0 bridgehead atoms. The van der Waals surface area contributed by atoms with Crippen molar-refractivity contribution in [2.24, 2.45) is 5.41 Å². The Morgan fingerprint density at radius 2 is 1.95 bits per heavy atom. The molecule has 0 fully saturated rings. The Kier molecular flexibility index (Phi) is 6.10. The number of ether oxygens (including phenoxy) is 1. The van der Waals surface area contributed by atoms with Crippen molar-refractivity contribution in [1.82, 2.24) is 4.72 Å². The molecule has 0 aliphatic rings. The molecule has 1 amide bonds. The highest BCUT2D eigenvalue weighted by Gasteiger charge is 2.33. The van der Waals surface area contributed by atoms with Crippen LogP contribution in [0.15, 0.2) is 24.3 Å². The topological polar surface area (TPSA) is 84.5 Å². The first-order valence-electron chi connectivity index (χ1n) is 6.89. The largest absolute Gasteiger partial charge is 0.380 e. The van der Waals surface area contributed by atoms with E-state index in [4.69, 9.17) is 4.74 Å². The van der Waals surface area contributed by atoms with Crippen LogP contribution in [0.5, 0.6) is 0 Å². The third-order valence-corrected chi connectivity index (χ3v) is 3.63. The van der Waals surface area contributed by atoms with E-state index in [1.54, 1.807) is 46.1 Å². The van der Waals surface area contributed by atoms with Crippen LogP contribution in [0.25, 0.3) is 0 Å². The van der Waals surface area contributed by atoms with Gasteiger partial charge in [-0.05, 0) is 23.1 Å². The van der Waals surface area contributed by atoms with Gasteiger partial charge in [0.1, 0.15) is 6.04 Å². The lowest BCUT2D eigenvalue weighted by Gasteiger charge is -2.29. The molecule has 0 spiro atoms. The van der Waals surface area contributed by atoms with Crippen molar-refractivity contribution in [1.29, 1.82) is 0 Å². The predicted molar refractivity (Wildman–Crippen MR) is 87.0 cm³/mol. The monoisotopic (exact) mass is 328 g/mol. The summed E-state index contributed by atoms with van der Waals surface area (Å²) in [6.45, 7) is 5.85. The number of amides is 1. The molecule has 0 aromatic heterocycles. The molecular formula is C15H24N2O4S. The SMILES string of the molecule is COCc1cccc(NC(=O)C(NS(C)(=O)=O)C(C)(C)C)c1. The van der Waals surface area contributed by atoms with Crippen LogP contribution < -0.4 is 10.0 Å². The van der Waals surface area contributed by atoms with E-state index in [9.17, 15) is 13.2 Å². The number of hydrogen-bond donors (Lipinski definition) is 2. The van der Waals surface area contributed by atoms with Gasteiger partial charge in [-0.15, -0.1) is 0 Å². The average Bonchev–Trinajstić information content (AvgIpc) is 2.34. The van der Waals surface area contributed by atoms with Crippen molar-refractivity contribution >= 4 is 21.6 Å². The van der Waals surface area contributed by atoms with Gasteiger partial charge in [0.05, 0.1) is 12.9 Å². The van der Waals surface area contributed by atoms with Crippen LogP contribution in [0.3, 0.4) is 0 Å². The van der Waals surface area contributed by atoms with Crippen molar-refractivity contribution in [2.75, 3.05) is 18.7 Å². The minimum atomic E-state index is -3.49. The van der Waals surface area contributed by atoms with E-state index in [2.05, 4.69) is 10.0 Å². The van der Waals surface area contributed by atoms with Crippen LogP contribution in [0, 0.1) is 5.41 Å². The quantitative estimate of drug-likeness (QED) is 0.833. The molecule has 124 valence electrons. The lowest BCUT2D eigenvalue weighted by molar-refractivity contribution is -0.119. The van der Waals surface area contributed by atoms with Gasteiger partial charge in [-0.3, -0.25) is 4.79 Å². The van der Waals surface area contributed by atoms with Crippen molar-refractivity contribution in [3.05, 3.63) is 29.8 Å². The molecule has 22 heavy (non-hydrogen) atoms. The van der Waals surface area contributed by atoms with Gasteiger partial charge in [-0.25, -0.2) is 13.1 Å². The summed E-state index contributed by atoms with van der Waals surface area (Å²) in [5.74, 6) is -0.396. The lowest BCUT2D eigenvalue weighted by Crippen LogP contribution is -2.51. The van der Waals surface area contributed by atoms with Gasteiger partial charge in [0.2, 0.25) is 15.9 Å². The molecule has 1 rings (SSSR count). The Hall–Kier alpha value is -1.44. The van der Waals surface area contributed by atoms with Gasteiger partial charge in [0.15, 0.2) is 0 Å². The predicted octanol–water partition coefficient (Wildman–Crippen LogP) is 1.74. The third-order valence-electron chi connectivity index (χ3n) is 2.97. The molecule has 0 saturated heterocycles. The third kappa shape index (κ3) is 6.13. The van der Waals surface area contributed by atoms with Gasteiger partial charge in [-0.2, -0.15) is 0 Å². The fraction of sp³-hybridized carbons (Fsp3) is 0.533. The molecule has 1 aromatic carbocycles. The molecule has 0 radical (unpaired) electrons. The molecule has 0 aliphatic heterocycles. The second-order valence-electron chi connectivity index (χ2n) is 6.31. The van der Waals surface area contributed by atoms with Crippen LogP contribution in [0.2, 0.25) is 0 Å². The molecule has 6 nitrogen and oxygen atoms in total. The molecule has 0 heterocycles. The van der Waals surface area contributed by atoms with Crippen LogP contribution in [-0.4, -0.2) is 33.7 Å². The zero-order chi connectivity index (χ0) is 17.0. The Labute approximate surface area is 132 Å². The molecular weight excluding hydrogens is 304 g/mol. The molecule has 2 N–H and O–H groups in total. The minimum Gasteiger partial charge on any atom is -0.380 e. The summed E-state index contributed by atoms with van der Waals surface area (Å²) in [4.78, 5) is 12.4. The molecule has 1 unspecified atom stereocenters. The standard InChI is InChI=1S/C15H24N2O4S/c1-15(2,3)13(17-22(5,19)20)14(18)16-12-8-6-7-11(9-12)10-21-4/h6-9,13,17H,10H2,1-5H3,(H,16,18). The summed E-state index contributed by atoms with van der Waals surface area (Å²) in [6.07, 6.45) is 1.04. The van der Waals surface area contributed by atoms with E-state index in [0.717, 1.165) is 11.8 Å². The average molecular weight is 328 g/mol. The van der Waals surface area contributed by atoms with E-state index < -0.39 is 27.4 Å². The van der Waals surface area contributed by atoms with Crippen molar-refractivity contribution < 1.29 is 17.9 Å². The number of anilines is 1. The Balaban J connectivity index is 2.94. The first-order valence-corrected chi connectivity index (χ1v) is 8.78. The molecule has 1 aromatic rings. The van der Waals surface area contributed by atoms with E-state index in [1.165, 1.54) is 0 Å². The van der Waals surface area contributed by atoms with Crippen molar-refractivity contribution in [2.45, 2.75) is 33.4 Å². The Morgan fingerprint density at radius 3 is 2.45 bits per heavy atom. The zero-order valence-electron chi connectivity index (χ0n) is 13.6. The number of rotatable bonds is 6. The van der Waals surface area contributed by atoms with Crippen molar-refractivity contribution in [3.8, 4) is 0 Å². The number of sulfonamides is 1. The van der Waals surface area contributed by atoms with E-state index in [-0.39, 0.29) is 0 Å². The van der Waals surface area contributed by atoms with Crippen LogP contribution in [-0.2, 0) is 26.2 Å². The fourth-order valence-electron chi connectivity index (χ4n) is 1.96. The first-order chi connectivity index (χ1) is 10.0. The number of carbonyl (C=O) groups excluding carboxylic acids is 1. The van der Waals surface area contributed by atoms with Crippen LogP contribution in [0.1, 0.15) is 26.3 Å². The molecule has 0 aliphatic carbocycles. The Bertz CT molecular complexity index is 621. The van der Waals surface area contributed by atoms with Crippen LogP contribution in [0.4, 0.5) is 5.69 Å². The zero-order valence-corrected chi connectivity index (χ0v) is 14.5. The summed E-state index contributed by atoms with van der Waals surface area (Å²) in [5.41, 5.74) is 0.963. The summed E-state index contributed by atoms with van der Waals surface area (Å²) in [6, 6.07) is 6.36. The van der Waals surface area contributed by atoms with Gasteiger partial charge in [0.25, 0.3) is 0 Å². The van der Waals surface area contributed by atoms with Gasteiger partial charge in [0, 0.05) is 12.8 Å². The number of nitrogens with one attached hydrogen (secondary N) is 2. The van der Waals surface area contributed by atoms with Gasteiger partial charge >= 0.3 is 0 Å². The summed E-state index contributed by atoms with van der Waals surface area (Å²) in [7, 11) is -1.90. The summed E-state index contributed by atoms with van der Waals surface area (Å²) < 4.78 is 30.4. The normalized spacial score (nSPS) is 13.7. The highest BCUT2D eigenvalue weighted by molar-refractivity contribution is 7.88. The fourth-order valence-corrected chi connectivity index (χ4v) is 2.85. The number of benzene rings is 1. The number of carbonyl (C=O) groups is 1. The first kappa shape index (κ1) is 18.6. The van der Waals surface area contributed by atoms with Gasteiger partial charge in [-0.1, -0.05) is 32.9 Å². The Morgan fingerprint density at radius 1 is 1.32 bits per heavy atom. The molecule has 0 saturated carbocycles. The summed E-state index contributed by atoms with van der Waals surface area (Å²) in [5, 5.41) is 2.75. The van der Waals surface area contributed by atoms with E-state index >= 15 is 0 Å². The van der Waals surface area contributed by atoms with Crippen LogP contribution >= 0.6 is 0 Å². The highest BCUT2D eigenvalue weighted by atomic mass is 32.2. The highest BCUT2D eigenvalue weighted by Crippen LogP contribution is 2.22. The van der Waals surface area contributed by atoms with E-state index in [0.29, 0.717) is 12.3 Å². The maximum atomic E-state index is 12.4.